The van der Waals surface area contributed by atoms with Gasteiger partial charge in [-0.1, -0.05) is 12.1 Å². The quantitative estimate of drug-likeness (QED) is 0.640. The Kier molecular flexibility index (Phi) is 3.17. The highest BCUT2D eigenvalue weighted by atomic mass is 32.2. The van der Waals surface area contributed by atoms with E-state index < -0.39 is 15.2 Å². The molecule has 9 heteroatoms. The molecule has 0 saturated carbocycles. The summed E-state index contributed by atoms with van der Waals surface area (Å²) >= 11 is 0. The topological polar surface area (TPSA) is 108 Å². The van der Waals surface area contributed by atoms with Crippen LogP contribution in [0.15, 0.2) is 36.3 Å². The van der Waals surface area contributed by atoms with Crippen molar-refractivity contribution in [3.05, 3.63) is 46.4 Å². The summed E-state index contributed by atoms with van der Waals surface area (Å²) in [5.41, 5.74) is -0.280. The Morgan fingerprint density at radius 2 is 2.11 bits per heavy atom. The van der Waals surface area contributed by atoms with Crippen molar-refractivity contribution in [1.82, 2.24) is 4.72 Å². The molecule has 0 aromatic heterocycles. The lowest BCUT2D eigenvalue weighted by Gasteiger charge is -2.15. The normalized spacial score (nSPS) is 17.4. The minimum Gasteiger partial charge on any atom is -0.418 e. The standard InChI is InChI=1S/C9H8N2O6S/c12-11(13)7-3-1-2-4-8(7)16-9-5-6-10-18(14,15)17-9/h1-5,10H,6H2. The second-order valence-electron chi connectivity index (χ2n) is 3.24. The maximum atomic E-state index is 11.1. The summed E-state index contributed by atoms with van der Waals surface area (Å²) in [7, 11) is -3.90. The van der Waals surface area contributed by atoms with E-state index in [4.69, 9.17) is 4.74 Å². The second kappa shape index (κ2) is 4.63. The zero-order valence-corrected chi connectivity index (χ0v) is 9.72. The van der Waals surface area contributed by atoms with E-state index in [1.807, 2.05) is 0 Å². The Labute approximate surface area is 102 Å². The molecule has 0 fully saturated rings. The molecule has 1 aromatic rings. The summed E-state index contributed by atoms with van der Waals surface area (Å²) in [5.74, 6) is -0.408. The number of hydrogen-bond donors (Lipinski definition) is 1. The van der Waals surface area contributed by atoms with Crippen molar-refractivity contribution in [3.63, 3.8) is 0 Å². The zero-order valence-electron chi connectivity index (χ0n) is 8.90. The van der Waals surface area contributed by atoms with Gasteiger partial charge in [0.15, 0.2) is 0 Å². The molecular weight excluding hydrogens is 264 g/mol. The minimum atomic E-state index is -3.90. The number of nitrogens with zero attached hydrogens (tertiary/aromatic N) is 1. The largest absolute Gasteiger partial charge is 0.418 e. The van der Waals surface area contributed by atoms with Gasteiger partial charge in [-0.3, -0.25) is 10.1 Å². The molecule has 0 bridgehead atoms. The first-order valence-corrected chi connectivity index (χ1v) is 6.19. The molecule has 2 rings (SSSR count). The lowest BCUT2D eigenvalue weighted by Crippen LogP contribution is -2.31. The molecule has 1 aliphatic heterocycles. The first kappa shape index (κ1) is 12.3. The molecule has 18 heavy (non-hydrogen) atoms. The summed E-state index contributed by atoms with van der Waals surface area (Å²) in [5, 5.41) is 10.7. The van der Waals surface area contributed by atoms with Gasteiger partial charge in [0.2, 0.25) is 5.75 Å². The average molecular weight is 272 g/mol. The maximum absolute atomic E-state index is 11.1. The maximum Gasteiger partial charge on any atom is 0.385 e. The summed E-state index contributed by atoms with van der Waals surface area (Å²) in [6.07, 6.45) is 1.32. The van der Waals surface area contributed by atoms with Crippen molar-refractivity contribution < 1.29 is 22.3 Å². The molecule has 0 aliphatic carbocycles. The van der Waals surface area contributed by atoms with Crippen LogP contribution in [0.1, 0.15) is 0 Å². The van der Waals surface area contributed by atoms with Crippen LogP contribution in [0.3, 0.4) is 0 Å². The van der Waals surface area contributed by atoms with Gasteiger partial charge in [0, 0.05) is 18.7 Å². The van der Waals surface area contributed by atoms with E-state index in [0.717, 1.165) is 0 Å². The van der Waals surface area contributed by atoms with Crippen LogP contribution in [0.25, 0.3) is 0 Å². The molecule has 0 amide bonds. The third kappa shape index (κ3) is 2.76. The Morgan fingerprint density at radius 3 is 2.78 bits per heavy atom. The minimum absolute atomic E-state index is 0.00169. The van der Waals surface area contributed by atoms with Gasteiger partial charge in [0.25, 0.3) is 0 Å². The van der Waals surface area contributed by atoms with E-state index >= 15 is 0 Å². The monoisotopic (exact) mass is 272 g/mol. The van der Waals surface area contributed by atoms with Gasteiger partial charge in [-0.2, -0.15) is 13.1 Å². The van der Waals surface area contributed by atoms with E-state index in [9.17, 15) is 18.5 Å². The fourth-order valence-electron chi connectivity index (χ4n) is 1.26. The van der Waals surface area contributed by atoms with Gasteiger partial charge in [-0.25, -0.2) is 0 Å². The Balaban J connectivity index is 2.25. The predicted molar refractivity (Wildman–Crippen MR) is 59.8 cm³/mol. The van der Waals surface area contributed by atoms with Crippen LogP contribution in [0.4, 0.5) is 5.69 Å². The van der Waals surface area contributed by atoms with Crippen LogP contribution in [0.5, 0.6) is 5.75 Å². The van der Waals surface area contributed by atoms with Crippen LogP contribution in [0.2, 0.25) is 0 Å². The molecule has 1 N–H and O–H groups in total. The first-order valence-electron chi connectivity index (χ1n) is 4.78. The SMILES string of the molecule is O=[N+]([O-])c1ccccc1OC1=CCNS(=O)(=O)O1. The molecule has 1 aliphatic rings. The van der Waals surface area contributed by atoms with Gasteiger partial charge in [-0.15, -0.1) is 0 Å². The van der Waals surface area contributed by atoms with E-state index in [2.05, 4.69) is 8.91 Å². The second-order valence-corrected chi connectivity index (χ2v) is 4.60. The summed E-state index contributed by atoms with van der Waals surface area (Å²) in [6.45, 7) is -0.00169. The van der Waals surface area contributed by atoms with Crippen LogP contribution in [-0.4, -0.2) is 19.9 Å². The van der Waals surface area contributed by atoms with Crippen molar-refractivity contribution in [3.8, 4) is 5.75 Å². The van der Waals surface area contributed by atoms with Gasteiger partial charge < -0.3 is 8.92 Å². The number of nitro groups is 1. The van der Waals surface area contributed by atoms with E-state index in [0.29, 0.717) is 0 Å². The molecule has 0 spiro atoms. The summed E-state index contributed by atoms with van der Waals surface area (Å²) in [6, 6.07) is 5.58. The molecule has 0 unspecified atom stereocenters. The van der Waals surface area contributed by atoms with Crippen LogP contribution in [0, 0.1) is 10.1 Å². The third-order valence-corrected chi connectivity index (χ3v) is 2.90. The fraction of sp³-hybridized carbons (Fsp3) is 0.111. The van der Waals surface area contributed by atoms with E-state index in [1.54, 1.807) is 0 Å². The third-order valence-electron chi connectivity index (χ3n) is 1.99. The Hall–Kier alpha value is -2.13. The molecule has 0 saturated heterocycles. The smallest absolute Gasteiger partial charge is 0.385 e. The van der Waals surface area contributed by atoms with Crippen molar-refractivity contribution in [2.45, 2.75) is 0 Å². The van der Waals surface area contributed by atoms with Gasteiger partial charge in [0.1, 0.15) is 0 Å². The summed E-state index contributed by atoms with van der Waals surface area (Å²) < 4.78 is 33.8. The lowest BCUT2D eigenvalue weighted by atomic mass is 10.3. The van der Waals surface area contributed by atoms with Gasteiger partial charge >= 0.3 is 21.9 Å². The molecule has 1 heterocycles. The summed E-state index contributed by atoms with van der Waals surface area (Å²) in [4.78, 5) is 10.1. The van der Waals surface area contributed by atoms with Crippen LogP contribution >= 0.6 is 0 Å². The first-order chi connectivity index (χ1) is 8.48. The number of hydrogen-bond acceptors (Lipinski definition) is 6. The highest BCUT2D eigenvalue weighted by Gasteiger charge is 2.22. The van der Waals surface area contributed by atoms with E-state index in [1.165, 1.54) is 30.3 Å². The Morgan fingerprint density at radius 1 is 1.39 bits per heavy atom. The lowest BCUT2D eigenvalue weighted by molar-refractivity contribution is -0.385. The van der Waals surface area contributed by atoms with Crippen molar-refractivity contribution >= 4 is 16.0 Å². The molecule has 0 atom stereocenters. The number of ether oxygens (including phenoxy) is 1. The van der Waals surface area contributed by atoms with Gasteiger partial charge in [0.05, 0.1) is 4.92 Å². The molecule has 1 aromatic carbocycles. The zero-order chi connectivity index (χ0) is 13.2. The molecule has 96 valence electrons. The molecular formula is C9H8N2O6S. The van der Waals surface area contributed by atoms with Crippen LogP contribution in [-0.2, 0) is 14.5 Å². The Bertz CT molecular complexity index is 609. The highest BCUT2D eigenvalue weighted by molar-refractivity contribution is 7.84. The predicted octanol–water partition coefficient (Wildman–Crippen LogP) is 0.680. The fourth-order valence-corrected chi connectivity index (χ4v) is 1.92. The number of nitro benzene ring substituents is 1. The highest BCUT2D eigenvalue weighted by Crippen LogP contribution is 2.28. The van der Waals surface area contributed by atoms with E-state index in [-0.39, 0.29) is 23.9 Å². The van der Waals surface area contributed by atoms with Crippen LogP contribution < -0.4 is 9.46 Å². The van der Waals surface area contributed by atoms with Crippen molar-refractivity contribution in [2.24, 2.45) is 0 Å². The average Bonchev–Trinajstić information content (AvgIpc) is 2.28. The van der Waals surface area contributed by atoms with Gasteiger partial charge in [-0.05, 0) is 6.07 Å². The number of rotatable bonds is 3. The molecule has 8 nitrogen and oxygen atoms in total. The van der Waals surface area contributed by atoms with Crippen molar-refractivity contribution in [2.75, 3.05) is 6.54 Å². The van der Waals surface area contributed by atoms with Crippen molar-refractivity contribution in [1.29, 1.82) is 0 Å². The number of benzene rings is 1. The number of para-hydroxylation sites is 2. The molecule has 0 radical (unpaired) electrons. The number of nitrogens with one attached hydrogen (secondary N) is 1.